The molecule has 0 aliphatic heterocycles. The Balaban J connectivity index is 1.82. The van der Waals surface area contributed by atoms with Gasteiger partial charge in [0, 0.05) is 34.5 Å². The lowest BCUT2D eigenvalue weighted by Gasteiger charge is -2.13. The Morgan fingerprint density at radius 1 is 0.967 bits per heavy atom. The normalized spacial score (nSPS) is 11.1. The van der Waals surface area contributed by atoms with Gasteiger partial charge in [-0.1, -0.05) is 41.6 Å². The summed E-state index contributed by atoms with van der Waals surface area (Å²) in [6.07, 6.45) is 0. The highest BCUT2D eigenvalue weighted by atomic mass is 35.5. The average Bonchev–Trinajstić information content (AvgIpc) is 2.94. The Kier molecular flexibility index (Phi) is 5.45. The van der Waals surface area contributed by atoms with Crippen molar-refractivity contribution in [1.29, 1.82) is 0 Å². The van der Waals surface area contributed by atoms with Gasteiger partial charge in [0.05, 0.1) is 16.7 Å². The molecule has 7 heteroatoms. The number of amides is 1. The maximum atomic E-state index is 13.0. The van der Waals surface area contributed by atoms with Crippen LogP contribution in [0.2, 0.25) is 5.02 Å². The molecule has 0 spiro atoms. The van der Waals surface area contributed by atoms with Crippen LogP contribution in [0.4, 0.5) is 5.69 Å². The minimum atomic E-state index is -0.189. The number of halogens is 1. The zero-order valence-corrected chi connectivity index (χ0v) is 18.3. The first-order chi connectivity index (χ1) is 14.3. The highest BCUT2D eigenvalue weighted by molar-refractivity contribution is 7.99. The van der Waals surface area contributed by atoms with E-state index in [1.165, 1.54) is 11.8 Å². The number of carbonyl (C=O) groups excluding carboxylic acids is 1. The number of benzene rings is 3. The summed E-state index contributed by atoms with van der Waals surface area (Å²) in [4.78, 5) is 27.2. The highest BCUT2D eigenvalue weighted by Crippen LogP contribution is 2.37. The SMILES string of the molecule is Cc1ccccc1C(=O)Nc1cc2c(cc1Sc1ccc(Cl)cc1)n(C)c(=O)n2C. The Labute approximate surface area is 183 Å². The average molecular weight is 438 g/mol. The van der Waals surface area contributed by atoms with Crippen LogP contribution in [0.3, 0.4) is 0 Å². The van der Waals surface area contributed by atoms with Gasteiger partial charge in [-0.2, -0.15) is 0 Å². The van der Waals surface area contributed by atoms with E-state index in [1.807, 2.05) is 61.5 Å². The fraction of sp³-hybridized carbons (Fsp3) is 0.130. The molecule has 5 nitrogen and oxygen atoms in total. The first-order valence-corrected chi connectivity index (χ1v) is 10.5. The van der Waals surface area contributed by atoms with Crippen LogP contribution in [0.25, 0.3) is 11.0 Å². The van der Waals surface area contributed by atoms with Crippen molar-refractivity contribution in [3.8, 4) is 0 Å². The number of aromatic nitrogens is 2. The van der Waals surface area contributed by atoms with Crippen LogP contribution in [0, 0.1) is 6.92 Å². The summed E-state index contributed by atoms with van der Waals surface area (Å²) in [6, 6.07) is 18.7. The minimum absolute atomic E-state index is 0.116. The summed E-state index contributed by atoms with van der Waals surface area (Å²) in [6.45, 7) is 1.91. The lowest BCUT2D eigenvalue weighted by atomic mass is 10.1. The molecule has 0 bridgehead atoms. The fourth-order valence-electron chi connectivity index (χ4n) is 3.36. The van der Waals surface area contributed by atoms with Crippen LogP contribution >= 0.6 is 23.4 Å². The van der Waals surface area contributed by atoms with Crippen LogP contribution in [-0.4, -0.2) is 15.0 Å². The molecule has 0 saturated carbocycles. The first-order valence-electron chi connectivity index (χ1n) is 9.35. The van der Waals surface area contributed by atoms with E-state index < -0.39 is 0 Å². The predicted octanol–water partition coefficient (Wildman–Crippen LogP) is 5.24. The Morgan fingerprint density at radius 2 is 1.60 bits per heavy atom. The molecule has 0 unspecified atom stereocenters. The molecule has 3 aromatic carbocycles. The molecule has 4 rings (SSSR count). The number of aryl methyl sites for hydroxylation is 3. The van der Waals surface area contributed by atoms with Gasteiger partial charge in [-0.25, -0.2) is 4.79 Å². The zero-order chi connectivity index (χ0) is 21.4. The maximum Gasteiger partial charge on any atom is 0.328 e. The minimum Gasteiger partial charge on any atom is -0.321 e. The second-order valence-electron chi connectivity index (χ2n) is 7.06. The molecule has 0 fully saturated rings. The third-order valence-electron chi connectivity index (χ3n) is 5.05. The molecule has 1 aromatic heterocycles. The van der Waals surface area contributed by atoms with E-state index >= 15 is 0 Å². The van der Waals surface area contributed by atoms with Gasteiger partial charge in [-0.3, -0.25) is 13.9 Å². The molecule has 0 saturated heterocycles. The van der Waals surface area contributed by atoms with Crippen molar-refractivity contribution in [1.82, 2.24) is 9.13 Å². The number of anilines is 1. The number of hydrogen-bond acceptors (Lipinski definition) is 3. The van der Waals surface area contributed by atoms with Crippen molar-refractivity contribution >= 4 is 46.0 Å². The number of fused-ring (bicyclic) bond motifs is 1. The number of hydrogen-bond donors (Lipinski definition) is 1. The summed E-state index contributed by atoms with van der Waals surface area (Å²) in [5.41, 5.74) is 3.60. The van der Waals surface area contributed by atoms with Gasteiger partial charge in [0.1, 0.15) is 0 Å². The van der Waals surface area contributed by atoms with Crippen molar-refractivity contribution in [3.05, 3.63) is 87.3 Å². The monoisotopic (exact) mass is 437 g/mol. The van der Waals surface area contributed by atoms with Gasteiger partial charge in [-0.15, -0.1) is 0 Å². The van der Waals surface area contributed by atoms with Crippen molar-refractivity contribution in [3.63, 3.8) is 0 Å². The van der Waals surface area contributed by atoms with Gasteiger partial charge >= 0.3 is 5.69 Å². The second kappa shape index (κ2) is 8.05. The van der Waals surface area contributed by atoms with E-state index in [9.17, 15) is 9.59 Å². The molecule has 30 heavy (non-hydrogen) atoms. The van der Waals surface area contributed by atoms with Crippen molar-refractivity contribution in [2.45, 2.75) is 16.7 Å². The molecule has 1 heterocycles. The molecule has 4 aromatic rings. The van der Waals surface area contributed by atoms with Gasteiger partial charge < -0.3 is 5.32 Å². The topological polar surface area (TPSA) is 56.0 Å². The number of imidazole rings is 1. The van der Waals surface area contributed by atoms with Crippen molar-refractivity contribution in [2.75, 3.05) is 5.32 Å². The summed E-state index contributed by atoms with van der Waals surface area (Å²) in [5, 5.41) is 3.70. The van der Waals surface area contributed by atoms with Gasteiger partial charge in [0.2, 0.25) is 0 Å². The molecule has 152 valence electrons. The van der Waals surface area contributed by atoms with E-state index in [0.29, 0.717) is 16.3 Å². The largest absolute Gasteiger partial charge is 0.328 e. The highest BCUT2D eigenvalue weighted by Gasteiger charge is 2.17. The van der Waals surface area contributed by atoms with E-state index in [4.69, 9.17) is 11.6 Å². The van der Waals surface area contributed by atoms with E-state index in [-0.39, 0.29) is 11.6 Å². The van der Waals surface area contributed by atoms with E-state index in [0.717, 1.165) is 26.4 Å². The third kappa shape index (κ3) is 3.76. The summed E-state index contributed by atoms with van der Waals surface area (Å²) >= 11 is 7.51. The van der Waals surface area contributed by atoms with Crippen LogP contribution in [0.1, 0.15) is 15.9 Å². The summed E-state index contributed by atoms with van der Waals surface area (Å²) in [7, 11) is 3.47. The predicted molar refractivity (Wildman–Crippen MR) is 123 cm³/mol. The van der Waals surface area contributed by atoms with Gasteiger partial charge in [0.25, 0.3) is 5.91 Å². The van der Waals surface area contributed by atoms with Crippen molar-refractivity contribution < 1.29 is 4.79 Å². The van der Waals surface area contributed by atoms with E-state index in [2.05, 4.69) is 5.32 Å². The maximum absolute atomic E-state index is 13.0. The van der Waals surface area contributed by atoms with Crippen LogP contribution < -0.4 is 11.0 Å². The van der Waals surface area contributed by atoms with Gasteiger partial charge in [0.15, 0.2) is 0 Å². The summed E-state index contributed by atoms with van der Waals surface area (Å²) in [5.74, 6) is -0.189. The molecule has 0 aliphatic rings. The molecule has 1 amide bonds. The van der Waals surface area contributed by atoms with Gasteiger partial charge in [-0.05, 0) is 55.0 Å². The Bertz CT molecular complexity index is 1320. The number of nitrogens with zero attached hydrogens (tertiary/aromatic N) is 2. The second-order valence-corrected chi connectivity index (χ2v) is 8.61. The zero-order valence-electron chi connectivity index (χ0n) is 16.8. The van der Waals surface area contributed by atoms with Crippen LogP contribution in [0.5, 0.6) is 0 Å². The quantitative estimate of drug-likeness (QED) is 0.475. The number of carbonyl (C=O) groups is 1. The molecule has 0 atom stereocenters. The van der Waals surface area contributed by atoms with E-state index in [1.54, 1.807) is 29.3 Å². The first kappa shape index (κ1) is 20.3. The summed E-state index contributed by atoms with van der Waals surface area (Å²) < 4.78 is 3.18. The standard InChI is InChI=1S/C23H20ClN3O2S/c1-14-6-4-5-7-17(14)22(28)25-18-12-19-20(27(3)23(29)26(19)2)13-21(18)30-16-10-8-15(24)9-11-16/h4-13H,1-3H3,(H,25,28). The van der Waals surface area contributed by atoms with Crippen LogP contribution in [-0.2, 0) is 14.1 Å². The van der Waals surface area contributed by atoms with Crippen LogP contribution in [0.15, 0.2) is 75.2 Å². The molecule has 1 N–H and O–H groups in total. The smallest absolute Gasteiger partial charge is 0.321 e. The fourth-order valence-corrected chi connectivity index (χ4v) is 4.40. The number of nitrogens with one attached hydrogen (secondary N) is 1. The lowest BCUT2D eigenvalue weighted by Crippen LogP contribution is -2.19. The number of rotatable bonds is 4. The molecular weight excluding hydrogens is 418 g/mol. The van der Waals surface area contributed by atoms with Crippen molar-refractivity contribution in [2.24, 2.45) is 14.1 Å². The molecule has 0 aliphatic carbocycles. The Morgan fingerprint density at radius 3 is 2.27 bits per heavy atom. The lowest BCUT2D eigenvalue weighted by molar-refractivity contribution is 0.102. The molecular formula is C23H20ClN3O2S. The molecule has 0 radical (unpaired) electrons. The third-order valence-corrected chi connectivity index (χ3v) is 6.37. The Hall–Kier alpha value is -2.96.